The number of rotatable bonds is 3. The van der Waals surface area contributed by atoms with E-state index < -0.39 is 0 Å². The van der Waals surface area contributed by atoms with Gasteiger partial charge in [-0.3, -0.25) is 9.80 Å². The maximum absolute atomic E-state index is 3.84. The van der Waals surface area contributed by atoms with Gasteiger partial charge in [0.2, 0.25) is 0 Å². The Morgan fingerprint density at radius 2 is 2.23 bits per heavy atom. The third kappa shape index (κ3) is 2.55. The van der Waals surface area contributed by atoms with Crippen molar-refractivity contribution >= 4 is 0 Å². The van der Waals surface area contributed by atoms with Gasteiger partial charge in [-0.25, -0.2) is 0 Å². The average Bonchev–Trinajstić information content (AvgIpc) is 2.16. The van der Waals surface area contributed by atoms with Gasteiger partial charge < -0.3 is 0 Å². The van der Waals surface area contributed by atoms with E-state index in [1.54, 1.807) is 0 Å². The van der Waals surface area contributed by atoms with Crippen LogP contribution in [0.4, 0.5) is 0 Å². The van der Waals surface area contributed by atoms with Crippen LogP contribution in [0.3, 0.4) is 0 Å². The highest BCUT2D eigenvalue weighted by Gasteiger charge is 2.23. The Labute approximate surface area is 82.2 Å². The Bertz CT molecular complexity index is 167. The molecule has 0 spiro atoms. The summed E-state index contributed by atoms with van der Waals surface area (Å²) in [6.07, 6.45) is 2.04. The molecule has 0 aliphatic carbocycles. The maximum atomic E-state index is 3.84. The first-order chi connectivity index (χ1) is 6.19. The maximum Gasteiger partial charge on any atom is 0.0248 e. The van der Waals surface area contributed by atoms with Crippen molar-refractivity contribution < 1.29 is 0 Å². The molecule has 76 valence electrons. The van der Waals surface area contributed by atoms with E-state index in [1.807, 2.05) is 6.08 Å². The van der Waals surface area contributed by atoms with E-state index in [9.17, 15) is 0 Å². The third-order valence-corrected chi connectivity index (χ3v) is 3.12. The molecule has 13 heavy (non-hydrogen) atoms. The van der Waals surface area contributed by atoms with E-state index in [-0.39, 0.29) is 0 Å². The summed E-state index contributed by atoms with van der Waals surface area (Å²) in [6.45, 7) is 15.4. The summed E-state index contributed by atoms with van der Waals surface area (Å²) in [7, 11) is 0. The Hall–Kier alpha value is -0.340. The van der Waals surface area contributed by atoms with Crippen LogP contribution in [0.5, 0.6) is 0 Å². The lowest BCUT2D eigenvalue weighted by molar-refractivity contribution is 0.0757. The first kappa shape index (κ1) is 10.7. The van der Waals surface area contributed by atoms with Crippen molar-refractivity contribution in [3.05, 3.63) is 12.7 Å². The topological polar surface area (TPSA) is 6.48 Å². The van der Waals surface area contributed by atoms with Gasteiger partial charge in [0.25, 0.3) is 0 Å². The predicted molar refractivity (Wildman–Crippen MR) is 57.9 cm³/mol. The molecule has 0 bridgehead atoms. The fourth-order valence-electron chi connectivity index (χ4n) is 2.01. The molecule has 0 aromatic carbocycles. The molecule has 0 N–H and O–H groups in total. The second-order valence-corrected chi connectivity index (χ2v) is 3.95. The number of hydrogen-bond donors (Lipinski definition) is 0. The zero-order chi connectivity index (χ0) is 9.84. The van der Waals surface area contributed by atoms with E-state index in [0.717, 1.165) is 0 Å². The first-order valence-electron chi connectivity index (χ1n) is 5.29. The molecule has 1 fully saturated rings. The largest absolute Gasteiger partial charge is 0.298 e. The predicted octanol–water partition coefficient (Wildman–Crippen LogP) is 1.59. The fraction of sp³-hybridized carbons (Fsp3) is 0.818. The zero-order valence-electron chi connectivity index (χ0n) is 9.16. The smallest absolute Gasteiger partial charge is 0.0248 e. The van der Waals surface area contributed by atoms with Crippen LogP contribution < -0.4 is 0 Å². The molecule has 0 aromatic rings. The van der Waals surface area contributed by atoms with Crippen molar-refractivity contribution in [2.75, 3.05) is 26.2 Å². The van der Waals surface area contributed by atoms with Gasteiger partial charge in [0.1, 0.15) is 0 Å². The van der Waals surface area contributed by atoms with Crippen LogP contribution >= 0.6 is 0 Å². The molecule has 0 radical (unpaired) electrons. The molecular weight excluding hydrogens is 160 g/mol. The molecule has 2 atom stereocenters. The number of hydrogen-bond acceptors (Lipinski definition) is 2. The molecule has 0 saturated carbocycles. The fourth-order valence-corrected chi connectivity index (χ4v) is 2.01. The molecule has 0 amide bonds. The Morgan fingerprint density at radius 3 is 2.69 bits per heavy atom. The summed E-state index contributed by atoms with van der Waals surface area (Å²) in [5, 5.41) is 0. The lowest BCUT2D eigenvalue weighted by Crippen LogP contribution is -2.53. The van der Waals surface area contributed by atoms with E-state index in [4.69, 9.17) is 0 Å². The summed E-state index contributed by atoms with van der Waals surface area (Å²) in [5.41, 5.74) is 0. The number of nitrogens with zero attached hydrogens (tertiary/aromatic N) is 2. The molecule has 1 heterocycles. The SMILES string of the molecule is C=CC(C)N1CCN(CC)C(C)C1. The third-order valence-electron chi connectivity index (χ3n) is 3.12. The van der Waals surface area contributed by atoms with Crippen LogP contribution in [0.15, 0.2) is 12.7 Å². The van der Waals surface area contributed by atoms with E-state index in [2.05, 4.69) is 37.1 Å². The van der Waals surface area contributed by atoms with E-state index >= 15 is 0 Å². The molecule has 1 aliphatic heterocycles. The van der Waals surface area contributed by atoms with Crippen LogP contribution in [-0.4, -0.2) is 48.1 Å². The first-order valence-corrected chi connectivity index (χ1v) is 5.29. The number of piperazine rings is 1. The highest BCUT2D eigenvalue weighted by Crippen LogP contribution is 2.11. The summed E-state index contributed by atoms with van der Waals surface area (Å²) >= 11 is 0. The molecule has 1 aliphatic rings. The standard InChI is InChI=1S/C11H22N2/c1-5-10(3)13-8-7-12(6-2)11(4)9-13/h5,10-11H,1,6-9H2,2-4H3. The molecule has 0 aromatic heterocycles. The van der Waals surface area contributed by atoms with Crippen LogP contribution in [-0.2, 0) is 0 Å². The lowest BCUT2D eigenvalue weighted by Gasteiger charge is -2.41. The van der Waals surface area contributed by atoms with Crippen molar-refractivity contribution in [1.29, 1.82) is 0 Å². The minimum atomic E-state index is 0.529. The summed E-state index contributed by atoms with van der Waals surface area (Å²) in [4.78, 5) is 5.04. The quantitative estimate of drug-likeness (QED) is 0.612. The Kier molecular flexibility index (Phi) is 3.94. The minimum Gasteiger partial charge on any atom is -0.298 e. The van der Waals surface area contributed by atoms with Gasteiger partial charge in [0.15, 0.2) is 0 Å². The molecule has 2 heteroatoms. The Balaban J connectivity index is 2.45. The van der Waals surface area contributed by atoms with Crippen LogP contribution in [0.1, 0.15) is 20.8 Å². The van der Waals surface area contributed by atoms with E-state index in [0.29, 0.717) is 12.1 Å². The minimum absolute atomic E-state index is 0.529. The highest BCUT2D eigenvalue weighted by atomic mass is 15.3. The monoisotopic (exact) mass is 182 g/mol. The molecule has 2 nitrogen and oxygen atoms in total. The molecule has 2 unspecified atom stereocenters. The van der Waals surface area contributed by atoms with Crippen LogP contribution in [0.25, 0.3) is 0 Å². The van der Waals surface area contributed by atoms with Gasteiger partial charge in [-0.1, -0.05) is 13.0 Å². The normalized spacial score (nSPS) is 28.7. The van der Waals surface area contributed by atoms with Crippen molar-refractivity contribution in [2.45, 2.75) is 32.9 Å². The second-order valence-electron chi connectivity index (χ2n) is 3.95. The van der Waals surface area contributed by atoms with Crippen molar-refractivity contribution in [2.24, 2.45) is 0 Å². The summed E-state index contributed by atoms with van der Waals surface area (Å²) < 4.78 is 0. The molecule has 1 rings (SSSR count). The average molecular weight is 182 g/mol. The van der Waals surface area contributed by atoms with Gasteiger partial charge in [-0.2, -0.15) is 0 Å². The van der Waals surface area contributed by atoms with Crippen molar-refractivity contribution in [3.63, 3.8) is 0 Å². The van der Waals surface area contributed by atoms with Crippen molar-refractivity contribution in [1.82, 2.24) is 9.80 Å². The van der Waals surface area contributed by atoms with Gasteiger partial charge in [0, 0.05) is 31.7 Å². The lowest BCUT2D eigenvalue weighted by atomic mass is 10.1. The second kappa shape index (κ2) is 4.77. The van der Waals surface area contributed by atoms with Crippen LogP contribution in [0, 0.1) is 0 Å². The van der Waals surface area contributed by atoms with Gasteiger partial charge in [-0.15, -0.1) is 6.58 Å². The van der Waals surface area contributed by atoms with Gasteiger partial charge in [-0.05, 0) is 20.4 Å². The number of likely N-dealkylation sites (N-methyl/N-ethyl adjacent to an activating group) is 1. The van der Waals surface area contributed by atoms with Gasteiger partial charge in [0.05, 0.1) is 0 Å². The molecular formula is C11H22N2. The summed E-state index contributed by atoms with van der Waals surface area (Å²) in [5.74, 6) is 0. The summed E-state index contributed by atoms with van der Waals surface area (Å²) in [6, 6.07) is 1.22. The molecule has 1 saturated heterocycles. The van der Waals surface area contributed by atoms with Crippen LogP contribution in [0.2, 0.25) is 0 Å². The van der Waals surface area contributed by atoms with Crippen molar-refractivity contribution in [3.8, 4) is 0 Å². The Morgan fingerprint density at radius 1 is 1.54 bits per heavy atom. The van der Waals surface area contributed by atoms with Gasteiger partial charge >= 0.3 is 0 Å². The highest BCUT2D eigenvalue weighted by molar-refractivity contribution is 4.89. The van der Waals surface area contributed by atoms with E-state index in [1.165, 1.54) is 26.2 Å². The zero-order valence-corrected chi connectivity index (χ0v) is 9.16.